The summed E-state index contributed by atoms with van der Waals surface area (Å²) in [5.41, 5.74) is 4.55. The molecule has 1 aromatic carbocycles. The molecule has 0 bridgehead atoms. The molecule has 0 fully saturated rings. The number of aliphatic hydroxyl groups excluding tert-OH is 1. The van der Waals surface area contributed by atoms with Gasteiger partial charge < -0.3 is 15.6 Å². The quantitative estimate of drug-likeness (QED) is 0.806. The van der Waals surface area contributed by atoms with Gasteiger partial charge in [0.15, 0.2) is 6.10 Å². The van der Waals surface area contributed by atoms with Crippen molar-refractivity contribution in [2.45, 2.75) is 24.7 Å². The third-order valence-electron chi connectivity index (χ3n) is 2.23. The lowest BCUT2D eigenvalue weighted by molar-refractivity contribution is -0.275. The zero-order valence-electron chi connectivity index (χ0n) is 9.47. The van der Waals surface area contributed by atoms with E-state index in [1.165, 1.54) is 0 Å². The third kappa shape index (κ3) is 4.53. The molecule has 0 unspecified atom stereocenters. The van der Waals surface area contributed by atoms with Gasteiger partial charge in [-0.05, 0) is 18.2 Å². The van der Waals surface area contributed by atoms with Gasteiger partial charge in [-0.2, -0.15) is 13.2 Å². The smallest absolute Gasteiger partial charge is 0.405 e. The molecule has 0 heterocycles. The number of benzene rings is 1. The van der Waals surface area contributed by atoms with Gasteiger partial charge in [-0.3, -0.25) is 0 Å². The maximum Gasteiger partial charge on any atom is 0.573 e. The lowest BCUT2D eigenvalue weighted by Crippen LogP contribution is -2.39. The van der Waals surface area contributed by atoms with E-state index in [0.29, 0.717) is 0 Å². The van der Waals surface area contributed by atoms with Crippen molar-refractivity contribution in [2.24, 2.45) is 5.73 Å². The van der Waals surface area contributed by atoms with Crippen LogP contribution in [0.3, 0.4) is 0 Å². The van der Waals surface area contributed by atoms with Gasteiger partial charge in [-0.15, -0.1) is 13.2 Å². The minimum atomic E-state index is -5.09. The average molecular weight is 368 g/mol. The summed E-state index contributed by atoms with van der Waals surface area (Å²) in [6.07, 6.45) is -13.2. The highest BCUT2D eigenvalue weighted by atomic mass is 79.9. The van der Waals surface area contributed by atoms with Crippen molar-refractivity contribution in [3.63, 3.8) is 0 Å². The van der Waals surface area contributed by atoms with Crippen LogP contribution in [0.1, 0.15) is 11.6 Å². The molecule has 114 valence electrons. The molecule has 3 N–H and O–H groups in total. The van der Waals surface area contributed by atoms with E-state index in [1.54, 1.807) is 0 Å². The Balaban J connectivity index is 3.18. The first kappa shape index (κ1) is 17.1. The number of rotatable bonds is 3. The molecule has 20 heavy (non-hydrogen) atoms. The lowest BCUT2D eigenvalue weighted by Gasteiger charge is -2.24. The summed E-state index contributed by atoms with van der Waals surface area (Å²) in [6.45, 7) is 0. The summed E-state index contributed by atoms with van der Waals surface area (Å²) in [5.74, 6) is -0.906. The van der Waals surface area contributed by atoms with Gasteiger partial charge >= 0.3 is 12.5 Å². The highest BCUT2D eigenvalue weighted by molar-refractivity contribution is 9.10. The maximum absolute atomic E-state index is 12.4. The zero-order chi connectivity index (χ0) is 15.7. The minimum absolute atomic E-state index is 0.187. The lowest BCUT2D eigenvalue weighted by atomic mass is 10.0. The van der Waals surface area contributed by atoms with Crippen molar-refractivity contribution in [1.82, 2.24) is 0 Å². The summed E-state index contributed by atoms with van der Waals surface area (Å²) in [6, 6.07) is 0.734. The maximum atomic E-state index is 12.4. The fraction of sp³-hybridized carbons (Fsp3) is 0.400. The van der Waals surface area contributed by atoms with E-state index < -0.39 is 36.0 Å². The fourth-order valence-corrected chi connectivity index (χ4v) is 1.75. The van der Waals surface area contributed by atoms with Crippen molar-refractivity contribution in [3.05, 3.63) is 28.2 Å². The van der Waals surface area contributed by atoms with Gasteiger partial charge in [-0.1, -0.05) is 15.9 Å². The van der Waals surface area contributed by atoms with Gasteiger partial charge in [0.05, 0.1) is 6.04 Å². The Hall–Kier alpha value is -1.00. The molecule has 0 saturated carbocycles. The predicted octanol–water partition coefficient (Wildman–Crippen LogP) is 3.27. The molecule has 0 aliphatic rings. The Morgan fingerprint density at radius 1 is 1.15 bits per heavy atom. The van der Waals surface area contributed by atoms with Crippen molar-refractivity contribution in [1.29, 1.82) is 0 Å². The van der Waals surface area contributed by atoms with Crippen LogP contribution >= 0.6 is 15.9 Å². The molecule has 0 aliphatic heterocycles. The first-order valence-corrected chi connectivity index (χ1v) is 5.76. The van der Waals surface area contributed by atoms with Crippen LogP contribution in [0, 0.1) is 0 Å². The summed E-state index contributed by atoms with van der Waals surface area (Å²) < 4.78 is 77.3. The fourth-order valence-electron chi connectivity index (χ4n) is 1.37. The molecule has 1 aromatic rings. The van der Waals surface area contributed by atoms with Crippen molar-refractivity contribution in [3.8, 4) is 5.75 Å². The number of hydrogen-bond acceptors (Lipinski definition) is 3. The van der Waals surface area contributed by atoms with Crippen LogP contribution in [-0.4, -0.2) is 23.7 Å². The third-order valence-corrected chi connectivity index (χ3v) is 2.73. The summed E-state index contributed by atoms with van der Waals surface area (Å²) in [5, 5.41) is 9.02. The number of hydrogen-bond donors (Lipinski definition) is 2. The van der Waals surface area contributed by atoms with E-state index in [0.717, 1.165) is 18.2 Å². The zero-order valence-corrected chi connectivity index (χ0v) is 11.1. The highest BCUT2D eigenvalue weighted by Gasteiger charge is 2.44. The Bertz CT molecular complexity index is 476. The second-order valence-corrected chi connectivity index (χ2v) is 4.66. The van der Waals surface area contributed by atoms with E-state index in [-0.39, 0.29) is 4.47 Å². The molecule has 2 atom stereocenters. The van der Waals surface area contributed by atoms with Crippen LogP contribution in [-0.2, 0) is 0 Å². The number of ether oxygens (including phenoxy) is 1. The highest BCUT2D eigenvalue weighted by Crippen LogP contribution is 2.36. The van der Waals surface area contributed by atoms with E-state index in [4.69, 9.17) is 10.8 Å². The van der Waals surface area contributed by atoms with E-state index in [2.05, 4.69) is 20.7 Å². The van der Waals surface area contributed by atoms with Gasteiger partial charge in [0.2, 0.25) is 0 Å². The van der Waals surface area contributed by atoms with Crippen LogP contribution in [0.4, 0.5) is 26.3 Å². The molecule has 0 amide bonds. The molecular formula is C10H8BrF6NO2. The van der Waals surface area contributed by atoms with Crippen molar-refractivity contribution >= 4 is 15.9 Å². The van der Waals surface area contributed by atoms with Crippen LogP contribution in [0.5, 0.6) is 5.75 Å². The van der Waals surface area contributed by atoms with Crippen molar-refractivity contribution < 1.29 is 36.2 Å². The monoisotopic (exact) mass is 367 g/mol. The largest absolute Gasteiger partial charge is 0.573 e. The molecule has 0 radical (unpaired) electrons. The average Bonchev–Trinajstić information content (AvgIpc) is 2.26. The van der Waals surface area contributed by atoms with Crippen LogP contribution in [0.15, 0.2) is 22.7 Å². The summed E-state index contributed by atoms with van der Waals surface area (Å²) >= 11 is 2.89. The Labute approximate surface area is 117 Å². The minimum Gasteiger partial charge on any atom is -0.405 e. The Morgan fingerprint density at radius 2 is 1.70 bits per heavy atom. The van der Waals surface area contributed by atoms with E-state index >= 15 is 0 Å². The van der Waals surface area contributed by atoms with Crippen molar-refractivity contribution in [2.75, 3.05) is 0 Å². The number of aliphatic hydroxyl groups is 1. The first-order chi connectivity index (χ1) is 8.92. The van der Waals surface area contributed by atoms with Crippen LogP contribution in [0.25, 0.3) is 0 Å². The second kappa shape index (κ2) is 5.78. The first-order valence-electron chi connectivity index (χ1n) is 4.97. The molecule has 0 aliphatic carbocycles. The van der Waals surface area contributed by atoms with Gasteiger partial charge in [0.25, 0.3) is 0 Å². The number of halogens is 7. The van der Waals surface area contributed by atoms with Gasteiger partial charge in [0.1, 0.15) is 5.75 Å². The topological polar surface area (TPSA) is 55.5 Å². The SMILES string of the molecule is N[C@@H](c1cc(Br)ccc1OC(F)(F)F)[C@H](O)C(F)(F)F. The summed E-state index contributed by atoms with van der Waals surface area (Å²) in [7, 11) is 0. The van der Waals surface area contributed by atoms with Crippen LogP contribution in [0.2, 0.25) is 0 Å². The molecule has 10 heteroatoms. The molecule has 0 aromatic heterocycles. The molecule has 0 saturated heterocycles. The van der Waals surface area contributed by atoms with E-state index in [9.17, 15) is 26.3 Å². The van der Waals surface area contributed by atoms with Gasteiger partial charge in [-0.25, -0.2) is 0 Å². The molecule has 0 spiro atoms. The Morgan fingerprint density at radius 3 is 2.15 bits per heavy atom. The van der Waals surface area contributed by atoms with Gasteiger partial charge in [0, 0.05) is 10.0 Å². The predicted molar refractivity (Wildman–Crippen MR) is 59.8 cm³/mol. The summed E-state index contributed by atoms with van der Waals surface area (Å²) in [4.78, 5) is 0. The second-order valence-electron chi connectivity index (χ2n) is 3.74. The standard InChI is InChI=1S/C10H8BrF6NO2/c11-4-1-2-6(20-10(15,16)17)5(3-4)7(18)8(19)9(12,13)14/h1-3,7-8,19H,18H2/t7-,8-/m0/s1. The normalized spacial score (nSPS) is 15.8. The molecular weight excluding hydrogens is 360 g/mol. The molecule has 3 nitrogen and oxygen atoms in total. The van der Waals surface area contributed by atoms with E-state index in [1.807, 2.05) is 0 Å². The Kier molecular flexibility index (Phi) is 4.93. The molecule has 1 rings (SSSR count). The van der Waals surface area contributed by atoms with Crippen LogP contribution < -0.4 is 10.5 Å². The number of alkyl halides is 6. The number of nitrogens with two attached hydrogens (primary N) is 1.